The molecule has 0 bridgehead atoms. The summed E-state index contributed by atoms with van der Waals surface area (Å²) in [7, 11) is -3.63. The second kappa shape index (κ2) is 10.3. The van der Waals surface area contributed by atoms with E-state index in [2.05, 4.69) is 10.3 Å². The molecule has 3 aromatic rings. The summed E-state index contributed by atoms with van der Waals surface area (Å²) in [6.07, 6.45) is 8.17. The molecule has 1 fully saturated rings. The minimum Gasteiger partial charge on any atom is -0.322 e. The average Bonchev–Trinajstić information content (AvgIpc) is 3.11. The third-order valence-electron chi connectivity index (χ3n) is 6.00. The first-order valence-electron chi connectivity index (χ1n) is 11.3. The number of rotatable bonds is 6. The lowest BCUT2D eigenvalue weighted by Gasteiger charge is -2.21. The van der Waals surface area contributed by atoms with Crippen molar-refractivity contribution in [2.45, 2.75) is 43.9 Å². The Morgan fingerprint density at radius 2 is 1.55 bits per heavy atom. The van der Waals surface area contributed by atoms with Gasteiger partial charge in [-0.1, -0.05) is 31.0 Å². The molecule has 1 amide bonds. The first-order valence-corrected chi connectivity index (χ1v) is 12.8. The topological polar surface area (TPSA) is 79.4 Å². The first-order chi connectivity index (χ1) is 15.9. The molecule has 33 heavy (non-hydrogen) atoms. The molecule has 0 atom stereocenters. The second-order valence-electron chi connectivity index (χ2n) is 8.48. The van der Waals surface area contributed by atoms with Gasteiger partial charge in [0, 0.05) is 36.7 Å². The van der Waals surface area contributed by atoms with Gasteiger partial charge in [-0.2, -0.15) is 4.31 Å². The quantitative estimate of drug-likeness (QED) is 0.570. The van der Waals surface area contributed by atoms with Gasteiger partial charge in [-0.25, -0.2) is 8.42 Å². The van der Waals surface area contributed by atoms with Crippen LogP contribution in [0.1, 0.15) is 52.7 Å². The zero-order chi connectivity index (χ0) is 23.3. The monoisotopic (exact) mass is 463 g/mol. The highest BCUT2D eigenvalue weighted by Gasteiger charge is 2.27. The molecule has 2 aromatic carbocycles. The Labute approximate surface area is 195 Å². The van der Waals surface area contributed by atoms with Crippen LogP contribution in [0.2, 0.25) is 0 Å². The molecule has 6 nitrogen and oxygen atoms in total. The summed E-state index contributed by atoms with van der Waals surface area (Å²) in [6, 6.07) is 16.5. The minimum absolute atomic E-state index is 0.213. The van der Waals surface area contributed by atoms with Crippen molar-refractivity contribution in [3.63, 3.8) is 0 Å². The minimum atomic E-state index is -3.63. The number of sulfonamides is 1. The fourth-order valence-electron chi connectivity index (χ4n) is 4.09. The van der Waals surface area contributed by atoms with E-state index in [4.69, 9.17) is 0 Å². The van der Waals surface area contributed by atoms with Crippen molar-refractivity contribution >= 4 is 21.6 Å². The maximum absolute atomic E-state index is 13.3. The van der Waals surface area contributed by atoms with Crippen molar-refractivity contribution in [2.75, 3.05) is 18.4 Å². The van der Waals surface area contributed by atoms with Gasteiger partial charge in [0.1, 0.15) is 0 Å². The lowest BCUT2D eigenvalue weighted by atomic mass is 10.1. The fourth-order valence-corrected chi connectivity index (χ4v) is 5.85. The molecule has 0 spiro atoms. The van der Waals surface area contributed by atoms with Gasteiger partial charge in [0.15, 0.2) is 0 Å². The maximum Gasteiger partial charge on any atom is 0.255 e. The zero-order valence-electron chi connectivity index (χ0n) is 18.8. The van der Waals surface area contributed by atoms with E-state index in [0.29, 0.717) is 29.9 Å². The predicted molar refractivity (Wildman–Crippen MR) is 130 cm³/mol. The van der Waals surface area contributed by atoms with Crippen molar-refractivity contribution in [1.29, 1.82) is 0 Å². The number of benzene rings is 2. The summed E-state index contributed by atoms with van der Waals surface area (Å²) in [5.41, 5.74) is 3.93. The molecule has 0 radical (unpaired) electrons. The van der Waals surface area contributed by atoms with Crippen molar-refractivity contribution in [3.05, 3.63) is 89.2 Å². The number of hydrogen-bond acceptors (Lipinski definition) is 4. The van der Waals surface area contributed by atoms with Gasteiger partial charge < -0.3 is 5.32 Å². The van der Waals surface area contributed by atoms with E-state index in [9.17, 15) is 13.2 Å². The van der Waals surface area contributed by atoms with Crippen molar-refractivity contribution < 1.29 is 13.2 Å². The van der Waals surface area contributed by atoms with Crippen LogP contribution in [0.3, 0.4) is 0 Å². The third kappa shape index (κ3) is 5.67. The molecule has 172 valence electrons. The average molecular weight is 464 g/mol. The highest BCUT2D eigenvalue weighted by molar-refractivity contribution is 7.89. The van der Waals surface area contributed by atoms with Crippen LogP contribution in [0.25, 0.3) is 0 Å². The molecule has 1 aliphatic rings. The Bertz CT molecular complexity index is 1200. The number of carbonyl (C=O) groups excluding carboxylic acids is 1. The van der Waals surface area contributed by atoms with Crippen LogP contribution >= 0.6 is 0 Å². The molecule has 0 saturated carbocycles. The van der Waals surface area contributed by atoms with E-state index in [0.717, 1.165) is 37.7 Å². The first kappa shape index (κ1) is 23.1. The lowest BCUT2D eigenvalue weighted by Crippen LogP contribution is -2.32. The van der Waals surface area contributed by atoms with Gasteiger partial charge in [-0.05, 0) is 79.3 Å². The van der Waals surface area contributed by atoms with Crippen LogP contribution in [-0.4, -0.2) is 36.7 Å². The highest BCUT2D eigenvalue weighted by Crippen LogP contribution is 2.25. The normalized spacial score (nSPS) is 15.1. The smallest absolute Gasteiger partial charge is 0.255 e. The van der Waals surface area contributed by atoms with E-state index >= 15 is 0 Å². The fraction of sp³-hybridized carbons (Fsp3) is 0.308. The molecule has 7 heteroatoms. The van der Waals surface area contributed by atoms with Gasteiger partial charge in [0.25, 0.3) is 5.91 Å². The van der Waals surface area contributed by atoms with Crippen LogP contribution < -0.4 is 5.32 Å². The lowest BCUT2D eigenvalue weighted by molar-refractivity contribution is 0.102. The zero-order valence-corrected chi connectivity index (χ0v) is 19.6. The molecule has 1 N–H and O–H groups in total. The number of amides is 1. The number of anilines is 1. The summed E-state index contributed by atoms with van der Waals surface area (Å²) in [4.78, 5) is 17.1. The largest absolute Gasteiger partial charge is 0.322 e. The van der Waals surface area contributed by atoms with Crippen LogP contribution in [0.5, 0.6) is 0 Å². The predicted octanol–water partition coefficient (Wildman–Crippen LogP) is 4.80. The second-order valence-corrected chi connectivity index (χ2v) is 10.4. The summed E-state index contributed by atoms with van der Waals surface area (Å²) in [5, 5.41) is 2.88. The van der Waals surface area contributed by atoms with Gasteiger partial charge in [-0.3, -0.25) is 9.78 Å². The molecule has 0 aliphatic carbocycles. The number of aryl methyl sites for hydroxylation is 1. The number of aromatic nitrogens is 1. The van der Waals surface area contributed by atoms with Gasteiger partial charge in [0.05, 0.1) is 4.90 Å². The van der Waals surface area contributed by atoms with Crippen LogP contribution in [0.4, 0.5) is 5.69 Å². The maximum atomic E-state index is 13.3. The highest BCUT2D eigenvalue weighted by atomic mass is 32.2. The summed E-state index contributed by atoms with van der Waals surface area (Å²) >= 11 is 0. The van der Waals surface area contributed by atoms with Gasteiger partial charge in [0.2, 0.25) is 10.0 Å². The number of nitrogens with zero attached hydrogens (tertiary/aromatic N) is 2. The Balaban J connectivity index is 1.48. The summed E-state index contributed by atoms with van der Waals surface area (Å²) < 4.78 is 28.1. The van der Waals surface area contributed by atoms with E-state index in [1.54, 1.807) is 35.8 Å². The molecular formula is C26H29N3O3S. The molecule has 1 aliphatic heterocycles. The summed E-state index contributed by atoms with van der Waals surface area (Å²) in [5.74, 6) is -0.329. The van der Waals surface area contributed by atoms with Crippen molar-refractivity contribution in [3.8, 4) is 0 Å². The molecule has 0 unspecified atom stereocenters. The molecule has 1 saturated heterocycles. The number of nitrogens with one attached hydrogen (secondary N) is 1. The molecule has 1 aromatic heterocycles. The van der Waals surface area contributed by atoms with Crippen LogP contribution in [-0.2, 0) is 16.4 Å². The van der Waals surface area contributed by atoms with Gasteiger partial charge in [-0.15, -0.1) is 0 Å². The van der Waals surface area contributed by atoms with E-state index in [-0.39, 0.29) is 10.8 Å². The SMILES string of the molecule is Cc1ccc(C(=O)Nc2ccc(Cc3ccncc3)cc2)cc1S(=O)(=O)N1CCCCCC1. The number of pyridine rings is 1. The van der Waals surface area contributed by atoms with E-state index in [1.807, 2.05) is 36.4 Å². The van der Waals surface area contributed by atoms with Crippen LogP contribution in [0.15, 0.2) is 71.9 Å². The van der Waals surface area contributed by atoms with Crippen LogP contribution in [0, 0.1) is 6.92 Å². The number of hydrogen-bond donors (Lipinski definition) is 1. The Morgan fingerprint density at radius 3 is 2.21 bits per heavy atom. The van der Waals surface area contributed by atoms with Gasteiger partial charge >= 0.3 is 0 Å². The standard InChI is InChI=1S/C26H29N3O3S/c1-20-6-9-23(19-25(20)33(31,32)29-16-4-2-3-5-17-29)26(30)28-24-10-7-21(8-11-24)18-22-12-14-27-15-13-22/h6-15,19H,2-5,16-18H2,1H3,(H,28,30). The Morgan fingerprint density at radius 1 is 0.909 bits per heavy atom. The van der Waals surface area contributed by atoms with Crippen molar-refractivity contribution in [2.24, 2.45) is 0 Å². The van der Waals surface area contributed by atoms with Crippen molar-refractivity contribution in [1.82, 2.24) is 9.29 Å². The third-order valence-corrected chi connectivity index (χ3v) is 8.04. The van der Waals surface area contributed by atoms with E-state index in [1.165, 1.54) is 11.6 Å². The Kier molecular flexibility index (Phi) is 7.20. The molecule has 2 heterocycles. The molecular weight excluding hydrogens is 434 g/mol. The Hall–Kier alpha value is -3.03. The molecule has 4 rings (SSSR count). The number of carbonyl (C=O) groups is 1. The van der Waals surface area contributed by atoms with E-state index < -0.39 is 10.0 Å². The summed E-state index contributed by atoms with van der Waals surface area (Å²) in [6.45, 7) is 2.84.